The Morgan fingerprint density at radius 1 is 1.25 bits per heavy atom. The maximum Gasteiger partial charge on any atom is 0.408 e. The van der Waals surface area contributed by atoms with Gasteiger partial charge >= 0.3 is 12.1 Å². The highest BCUT2D eigenvalue weighted by Gasteiger charge is 2.39. The molecule has 3 atom stereocenters. The van der Waals surface area contributed by atoms with Crippen LogP contribution in [0.3, 0.4) is 0 Å². The number of amides is 2. The highest BCUT2D eigenvalue weighted by molar-refractivity contribution is 5.90. The van der Waals surface area contributed by atoms with E-state index in [2.05, 4.69) is 5.32 Å². The first-order valence-electron chi connectivity index (χ1n) is 9.65. The van der Waals surface area contributed by atoms with Crippen LogP contribution in [0.1, 0.15) is 46.1 Å². The molecule has 2 rings (SSSR count). The van der Waals surface area contributed by atoms with Crippen LogP contribution in [0.5, 0.6) is 0 Å². The lowest BCUT2D eigenvalue weighted by Gasteiger charge is -2.31. The summed E-state index contributed by atoms with van der Waals surface area (Å²) in [7, 11) is 0. The van der Waals surface area contributed by atoms with Gasteiger partial charge in [-0.1, -0.05) is 37.3 Å². The van der Waals surface area contributed by atoms with Crippen molar-refractivity contribution in [1.29, 1.82) is 0 Å². The minimum atomic E-state index is -1.02. The number of nitrogens with zero attached hydrogens (tertiary/aromatic N) is 1. The first-order chi connectivity index (χ1) is 13.1. The van der Waals surface area contributed by atoms with Crippen molar-refractivity contribution in [2.75, 3.05) is 6.54 Å². The molecule has 0 aliphatic carbocycles. The first kappa shape index (κ1) is 21.7. The molecule has 28 heavy (non-hydrogen) atoms. The summed E-state index contributed by atoms with van der Waals surface area (Å²) in [6, 6.07) is 7.96. The molecule has 0 saturated carbocycles. The van der Waals surface area contributed by atoms with Crippen LogP contribution in [0, 0.1) is 5.92 Å². The van der Waals surface area contributed by atoms with Gasteiger partial charge in [0.25, 0.3) is 0 Å². The Kier molecular flexibility index (Phi) is 7.05. The Morgan fingerprint density at radius 3 is 2.46 bits per heavy atom. The van der Waals surface area contributed by atoms with Gasteiger partial charge in [-0.25, -0.2) is 9.59 Å². The Labute approximate surface area is 166 Å². The Balaban J connectivity index is 2.20. The van der Waals surface area contributed by atoms with Gasteiger partial charge in [0.1, 0.15) is 17.7 Å². The molecule has 0 bridgehead atoms. The zero-order chi connectivity index (χ0) is 20.9. The summed E-state index contributed by atoms with van der Waals surface area (Å²) < 4.78 is 5.32. The normalized spacial score (nSPS) is 19.0. The number of hydrogen-bond acceptors (Lipinski definition) is 4. The lowest BCUT2D eigenvalue weighted by atomic mass is 9.92. The maximum atomic E-state index is 13.2. The van der Waals surface area contributed by atoms with Crippen molar-refractivity contribution < 1.29 is 24.2 Å². The number of carbonyl (C=O) groups excluding carboxylic acids is 2. The molecule has 1 aliphatic rings. The second kappa shape index (κ2) is 9.08. The summed E-state index contributed by atoms with van der Waals surface area (Å²) in [4.78, 5) is 38.4. The van der Waals surface area contributed by atoms with E-state index in [0.29, 0.717) is 25.8 Å². The fraction of sp³-hybridized carbons (Fsp3) is 0.571. The topological polar surface area (TPSA) is 95.9 Å². The van der Waals surface area contributed by atoms with E-state index in [1.54, 1.807) is 20.8 Å². The van der Waals surface area contributed by atoms with Crippen LogP contribution in [-0.2, 0) is 20.7 Å². The van der Waals surface area contributed by atoms with Crippen LogP contribution in [0.25, 0.3) is 0 Å². The van der Waals surface area contributed by atoms with Crippen molar-refractivity contribution in [3.8, 4) is 0 Å². The largest absolute Gasteiger partial charge is 0.480 e. The molecule has 0 radical (unpaired) electrons. The van der Waals surface area contributed by atoms with Crippen molar-refractivity contribution in [2.24, 2.45) is 5.92 Å². The van der Waals surface area contributed by atoms with E-state index in [1.165, 1.54) is 4.90 Å². The standard InChI is InChI=1S/C21H30N2O5/c1-14(13-15-9-6-5-7-10-15)17(22-20(27)28-21(2,3)4)18(24)23-12-8-11-16(23)19(25)26/h5-7,9-10,14,16-17H,8,11-13H2,1-4H3,(H,22,27)(H,25,26)/t14-,16+,17+/m1/s1. The molecule has 1 saturated heterocycles. The van der Waals surface area contributed by atoms with E-state index >= 15 is 0 Å². The molecule has 1 fully saturated rings. The van der Waals surface area contributed by atoms with Crippen LogP contribution in [0.2, 0.25) is 0 Å². The van der Waals surface area contributed by atoms with Crippen molar-refractivity contribution in [1.82, 2.24) is 10.2 Å². The third-order valence-electron chi connectivity index (χ3n) is 4.73. The van der Waals surface area contributed by atoms with Gasteiger partial charge in [-0.15, -0.1) is 0 Å². The van der Waals surface area contributed by atoms with E-state index in [-0.39, 0.29) is 11.8 Å². The number of alkyl carbamates (subject to hydrolysis) is 1. The van der Waals surface area contributed by atoms with Crippen LogP contribution < -0.4 is 5.32 Å². The smallest absolute Gasteiger partial charge is 0.408 e. The molecule has 1 aromatic rings. The molecule has 2 N–H and O–H groups in total. The van der Waals surface area contributed by atoms with Gasteiger partial charge in [0.2, 0.25) is 5.91 Å². The zero-order valence-electron chi connectivity index (χ0n) is 17.0. The Morgan fingerprint density at radius 2 is 1.89 bits per heavy atom. The molecule has 0 unspecified atom stereocenters. The van der Waals surface area contributed by atoms with Gasteiger partial charge in [-0.3, -0.25) is 4.79 Å². The minimum absolute atomic E-state index is 0.238. The number of likely N-dealkylation sites (tertiary alicyclic amines) is 1. The molecular formula is C21H30N2O5. The number of hydrogen-bond donors (Lipinski definition) is 2. The Bertz CT molecular complexity index is 698. The average Bonchev–Trinajstić information content (AvgIpc) is 3.08. The molecule has 2 amide bonds. The van der Waals surface area contributed by atoms with Gasteiger partial charge in [-0.2, -0.15) is 0 Å². The average molecular weight is 390 g/mol. The summed E-state index contributed by atoms with van der Waals surface area (Å²) in [5, 5.41) is 12.1. The molecule has 7 nitrogen and oxygen atoms in total. The van der Waals surface area contributed by atoms with Crippen molar-refractivity contribution in [3.05, 3.63) is 35.9 Å². The third kappa shape index (κ3) is 5.97. The van der Waals surface area contributed by atoms with E-state index in [4.69, 9.17) is 4.74 Å². The van der Waals surface area contributed by atoms with Crippen molar-refractivity contribution in [3.63, 3.8) is 0 Å². The maximum absolute atomic E-state index is 13.2. The number of nitrogens with one attached hydrogen (secondary N) is 1. The third-order valence-corrected chi connectivity index (χ3v) is 4.73. The zero-order valence-corrected chi connectivity index (χ0v) is 17.0. The molecule has 1 aromatic carbocycles. The second-order valence-corrected chi connectivity index (χ2v) is 8.32. The summed E-state index contributed by atoms with van der Waals surface area (Å²) in [5.74, 6) is -1.63. The van der Waals surface area contributed by atoms with Crippen LogP contribution in [-0.4, -0.2) is 52.2 Å². The summed E-state index contributed by atoms with van der Waals surface area (Å²) in [6.07, 6.45) is 0.942. The number of ether oxygens (including phenoxy) is 1. The van der Waals surface area contributed by atoms with Gasteiger partial charge in [0.15, 0.2) is 0 Å². The number of carboxylic acids is 1. The number of carboxylic acid groups (broad SMARTS) is 1. The second-order valence-electron chi connectivity index (χ2n) is 8.32. The minimum Gasteiger partial charge on any atom is -0.480 e. The van der Waals surface area contributed by atoms with Gasteiger partial charge in [0, 0.05) is 6.54 Å². The van der Waals surface area contributed by atoms with Crippen LogP contribution in [0.15, 0.2) is 30.3 Å². The molecule has 1 heterocycles. The van der Waals surface area contributed by atoms with E-state index in [0.717, 1.165) is 5.56 Å². The van der Waals surface area contributed by atoms with Crippen molar-refractivity contribution >= 4 is 18.0 Å². The van der Waals surface area contributed by atoms with Gasteiger partial charge in [0.05, 0.1) is 0 Å². The summed E-state index contributed by atoms with van der Waals surface area (Å²) >= 11 is 0. The van der Waals surface area contributed by atoms with E-state index in [1.807, 2.05) is 37.3 Å². The monoisotopic (exact) mass is 390 g/mol. The molecule has 154 valence electrons. The molecular weight excluding hydrogens is 360 g/mol. The molecule has 0 spiro atoms. The van der Waals surface area contributed by atoms with Crippen LogP contribution in [0.4, 0.5) is 4.79 Å². The molecule has 0 aromatic heterocycles. The molecule has 1 aliphatic heterocycles. The highest BCUT2D eigenvalue weighted by Crippen LogP contribution is 2.22. The van der Waals surface area contributed by atoms with E-state index < -0.39 is 29.7 Å². The summed E-state index contributed by atoms with van der Waals surface area (Å²) in [6.45, 7) is 7.49. The number of carbonyl (C=O) groups is 3. The fourth-order valence-electron chi connectivity index (χ4n) is 3.45. The Hall–Kier alpha value is -2.57. The fourth-order valence-corrected chi connectivity index (χ4v) is 3.45. The van der Waals surface area contributed by atoms with Gasteiger partial charge in [-0.05, 0) is 51.5 Å². The molecule has 7 heteroatoms. The number of aliphatic carboxylic acids is 1. The quantitative estimate of drug-likeness (QED) is 0.779. The van der Waals surface area contributed by atoms with Crippen LogP contribution >= 0.6 is 0 Å². The van der Waals surface area contributed by atoms with Gasteiger partial charge < -0.3 is 20.1 Å². The summed E-state index contributed by atoms with van der Waals surface area (Å²) in [5.41, 5.74) is 0.340. The predicted molar refractivity (Wildman–Crippen MR) is 105 cm³/mol. The van der Waals surface area contributed by atoms with Crippen molar-refractivity contribution in [2.45, 2.75) is 64.6 Å². The highest BCUT2D eigenvalue weighted by atomic mass is 16.6. The first-order valence-corrected chi connectivity index (χ1v) is 9.65. The lowest BCUT2D eigenvalue weighted by Crippen LogP contribution is -2.55. The SMILES string of the molecule is C[C@H](Cc1ccccc1)[C@H](NC(=O)OC(C)(C)C)C(=O)N1CCC[C@H]1C(=O)O. The van der Waals surface area contributed by atoms with E-state index in [9.17, 15) is 19.5 Å². The number of benzene rings is 1. The predicted octanol–water partition coefficient (Wildman–Crippen LogP) is 2.83. The lowest BCUT2D eigenvalue weighted by molar-refractivity contribution is -0.149. The number of rotatable bonds is 6.